The molecule has 84 valence electrons. The van der Waals surface area contributed by atoms with Crippen LogP contribution in [0.4, 0.5) is 0 Å². The van der Waals surface area contributed by atoms with E-state index in [0.29, 0.717) is 5.16 Å². The fourth-order valence-electron chi connectivity index (χ4n) is 0.928. The van der Waals surface area contributed by atoms with Crippen LogP contribution in [0.2, 0.25) is 0 Å². The molecule has 0 aliphatic heterocycles. The lowest BCUT2D eigenvalue weighted by molar-refractivity contribution is -0.131. The molecule has 0 unspecified atom stereocenters. The SMILES string of the molecule is CSc1ncc(C=CC(=O)O)c(C(=O)O)n1. The van der Waals surface area contributed by atoms with Gasteiger partial charge in [0.1, 0.15) is 0 Å². The van der Waals surface area contributed by atoms with Gasteiger partial charge in [-0.25, -0.2) is 19.6 Å². The smallest absolute Gasteiger partial charge is 0.355 e. The molecule has 0 saturated carbocycles. The molecule has 1 heterocycles. The van der Waals surface area contributed by atoms with Crippen LogP contribution in [0.1, 0.15) is 16.1 Å². The lowest BCUT2D eigenvalue weighted by atomic mass is 10.2. The molecule has 2 N–H and O–H groups in total. The van der Waals surface area contributed by atoms with Crippen LogP contribution in [-0.4, -0.2) is 38.4 Å². The third kappa shape index (κ3) is 3.06. The number of carboxylic acid groups (broad SMARTS) is 2. The molecule has 16 heavy (non-hydrogen) atoms. The number of nitrogens with zero attached hydrogens (tertiary/aromatic N) is 2. The van der Waals surface area contributed by atoms with Crippen LogP contribution in [-0.2, 0) is 4.79 Å². The number of carboxylic acids is 2. The van der Waals surface area contributed by atoms with E-state index in [4.69, 9.17) is 10.2 Å². The lowest BCUT2D eigenvalue weighted by Gasteiger charge is -2.01. The number of aliphatic carboxylic acids is 1. The van der Waals surface area contributed by atoms with Gasteiger partial charge in [-0.1, -0.05) is 11.8 Å². The summed E-state index contributed by atoms with van der Waals surface area (Å²) < 4.78 is 0. The van der Waals surface area contributed by atoms with E-state index in [1.165, 1.54) is 18.0 Å². The highest BCUT2D eigenvalue weighted by Crippen LogP contribution is 2.13. The topological polar surface area (TPSA) is 100 Å². The Labute approximate surface area is 95.0 Å². The van der Waals surface area contributed by atoms with E-state index in [9.17, 15) is 9.59 Å². The van der Waals surface area contributed by atoms with Gasteiger partial charge in [-0.05, 0) is 12.3 Å². The highest BCUT2D eigenvalue weighted by atomic mass is 32.2. The Hall–Kier alpha value is -1.89. The molecule has 0 atom stereocenters. The largest absolute Gasteiger partial charge is 0.478 e. The van der Waals surface area contributed by atoms with Gasteiger partial charge in [0.2, 0.25) is 0 Å². The van der Waals surface area contributed by atoms with Crippen LogP contribution >= 0.6 is 11.8 Å². The second kappa shape index (κ2) is 5.26. The van der Waals surface area contributed by atoms with Crippen molar-refractivity contribution < 1.29 is 19.8 Å². The molecule has 0 amide bonds. The molecule has 6 nitrogen and oxygen atoms in total. The van der Waals surface area contributed by atoms with Crippen molar-refractivity contribution in [3.63, 3.8) is 0 Å². The Morgan fingerprint density at radius 3 is 2.62 bits per heavy atom. The van der Waals surface area contributed by atoms with Crippen molar-refractivity contribution in [2.45, 2.75) is 5.16 Å². The maximum Gasteiger partial charge on any atom is 0.355 e. The summed E-state index contributed by atoms with van der Waals surface area (Å²) in [6.07, 6.45) is 4.98. The highest BCUT2D eigenvalue weighted by Gasteiger charge is 2.12. The zero-order valence-corrected chi connectivity index (χ0v) is 9.06. The van der Waals surface area contributed by atoms with Gasteiger partial charge in [0.25, 0.3) is 0 Å². The maximum atomic E-state index is 10.9. The normalized spacial score (nSPS) is 10.6. The van der Waals surface area contributed by atoms with Crippen molar-refractivity contribution in [3.8, 4) is 0 Å². The molecule has 7 heteroatoms. The molecule has 0 radical (unpaired) electrons. The van der Waals surface area contributed by atoms with Gasteiger partial charge < -0.3 is 10.2 Å². The predicted molar refractivity (Wildman–Crippen MR) is 57.4 cm³/mol. The molecule has 0 aliphatic rings. The standard InChI is InChI=1S/C9H8N2O4S/c1-16-9-10-4-5(2-3-6(12)13)7(11-9)8(14)15/h2-4H,1H3,(H,12,13)(H,14,15). The molecule has 0 bridgehead atoms. The monoisotopic (exact) mass is 240 g/mol. The minimum atomic E-state index is -1.22. The van der Waals surface area contributed by atoms with Crippen molar-refractivity contribution in [1.82, 2.24) is 9.97 Å². The first-order valence-corrected chi connectivity index (χ1v) is 5.32. The summed E-state index contributed by atoms with van der Waals surface area (Å²) in [5.41, 5.74) is -0.0513. The number of rotatable bonds is 4. The van der Waals surface area contributed by atoms with Gasteiger partial charge in [-0.3, -0.25) is 0 Å². The van der Waals surface area contributed by atoms with Gasteiger partial charge in [0.05, 0.1) is 0 Å². The maximum absolute atomic E-state index is 10.9. The van der Waals surface area contributed by atoms with E-state index >= 15 is 0 Å². The van der Waals surface area contributed by atoms with Crippen LogP contribution in [0.3, 0.4) is 0 Å². The fourth-order valence-corrected chi connectivity index (χ4v) is 1.27. The Bertz CT molecular complexity index is 459. The zero-order valence-electron chi connectivity index (χ0n) is 8.25. The average Bonchev–Trinajstić information content (AvgIpc) is 2.25. The molecule has 0 spiro atoms. The van der Waals surface area contributed by atoms with Gasteiger partial charge in [-0.15, -0.1) is 0 Å². The second-order valence-corrected chi connectivity index (χ2v) is 3.41. The zero-order chi connectivity index (χ0) is 12.1. The first-order valence-electron chi connectivity index (χ1n) is 4.10. The molecule has 0 fully saturated rings. The fraction of sp³-hybridized carbons (Fsp3) is 0.111. The molecule has 0 saturated heterocycles. The number of hydrogen-bond donors (Lipinski definition) is 2. The highest BCUT2D eigenvalue weighted by molar-refractivity contribution is 7.98. The number of hydrogen-bond acceptors (Lipinski definition) is 5. The van der Waals surface area contributed by atoms with Crippen molar-refractivity contribution >= 4 is 29.8 Å². The van der Waals surface area contributed by atoms with E-state index in [1.807, 2.05) is 0 Å². The average molecular weight is 240 g/mol. The van der Waals surface area contributed by atoms with Crippen LogP contribution < -0.4 is 0 Å². The molecule has 0 aliphatic carbocycles. The number of aromatic carboxylic acids is 1. The molecule has 1 aromatic heterocycles. The van der Waals surface area contributed by atoms with Crippen LogP contribution in [0, 0.1) is 0 Å². The van der Waals surface area contributed by atoms with E-state index < -0.39 is 11.9 Å². The third-order valence-electron chi connectivity index (χ3n) is 1.59. The number of aromatic nitrogens is 2. The summed E-state index contributed by atoms with van der Waals surface area (Å²) in [4.78, 5) is 28.8. The lowest BCUT2D eigenvalue weighted by Crippen LogP contribution is -2.05. The molecule has 1 rings (SSSR count). The van der Waals surface area contributed by atoms with Gasteiger partial charge >= 0.3 is 11.9 Å². The summed E-state index contributed by atoms with van der Waals surface area (Å²) in [5, 5.41) is 17.6. The quantitative estimate of drug-likeness (QED) is 0.460. The minimum Gasteiger partial charge on any atom is -0.478 e. The van der Waals surface area contributed by atoms with Crippen LogP contribution in [0.25, 0.3) is 6.08 Å². The summed E-state index contributed by atoms with van der Waals surface area (Å²) in [6.45, 7) is 0. The van der Waals surface area contributed by atoms with Crippen LogP contribution in [0.15, 0.2) is 17.4 Å². The summed E-state index contributed by atoms with van der Waals surface area (Å²) >= 11 is 1.21. The number of thioether (sulfide) groups is 1. The van der Waals surface area contributed by atoms with Crippen molar-refractivity contribution in [2.75, 3.05) is 6.26 Å². The summed E-state index contributed by atoms with van der Waals surface area (Å²) in [6, 6.07) is 0. The summed E-state index contributed by atoms with van der Waals surface area (Å²) in [7, 11) is 0. The molecule has 0 aromatic carbocycles. The summed E-state index contributed by atoms with van der Waals surface area (Å²) in [5.74, 6) is -2.38. The Kier molecular flexibility index (Phi) is 4.01. The van der Waals surface area contributed by atoms with Gasteiger partial charge in [-0.2, -0.15) is 0 Å². The van der Waals surface area contributed by atoms with Gasteiger partial charge in [0.15, 0.2) is 10.9 Å². The molecular formula is C9H8N2O4S. The van der Waals surface area contributed by atoms with E-state index in [2.05, 4.69) is 9.97 Å². The van der Waals surface area contributed by atoms with E-state index in [1.54, 1.807) is 6.26 Å². The third-order valence-corrected chi connectivity index (χ3v) is 2.15. The van der Waals surface area contributed by atoms with Crippen molar-refractivity contribution in [3.05, 3.63) is 23.5 Å². The molecular weight excluding hydrogens is 232 g/mol. The molecule has 1 aromatic rings. The van der Waals surface area contributed by atoms with Crippen LogP contribution in [0.5, 0.6) is 0 Å². The van der Waals surface area contributed by atoms with Crippen molar-refractivity contribution in [2.24, 2.45) is 0 Å². The Balaban J connectivity index is 3.18. The van der Waals surface area contributed by atoms with E-state index in [-0.39, 0.29) is 11.3 Å². The Morgan fingerprint density at radius 2 is 2.12 bits per heavy atom. The minimum absolute atomic E-state index is 0.160. The van der Waals surface area contributed by atoms with E-state index in [0.717, 1.165) is 12.2 Å². The first-order chi connectivity index (χ1) is 7.54. The predicted octanol–water partition coefficient (Wildman–Crippen LogP) is 0.994. The Morgan fingerprint density at radius 1 is 1.44 bits per heavy atom. The van der Waals surface area contributed by atoms with Crippen molar-refractivity contribution in [1.29, 1.82) is 0 Å². The van der Waals surface area contributed by atoms with Gasteiger partial charge in [0, 0.05) is 17.8 Å². The first kappa shape index (κ1) is 12.2. The number of carbonyl (C=O) groups is 2. The second-order valence-electron chi connectivity index (χ2n) is 2.64.